The summed E-state index contributed by atoms with van der Waals surface area (Å²) in [6.07, 6.45) is 0.819. The number of amides is 1. The fraction of sp³-hybridized carbons (Fsp3) is 0.333. The molecule has 0 aliphatic rings. The normalized spacial score (nSPS) is 10.2. The number of rotatable bonds is 11. The smallest absolute Gasteiger partial charge is 0.337 e. The van der Waals surface area contributed by atoms with E-state index >= 15 is 0 Å². The zero-order chi connectivity index (χ0) is 20.2. The Labute approximate surface area is 169 Å². The van der Waals surface area contributed by atoms with Crippen LogP contribution in [0.4, 0.5) is 5.69 Å². The lowest BCUT2D eigenvalue weighted by Gasteiger charge is -2.08. The number of hydrogen-bond donors (Lipinski definition) is 1. The van der Waals surface area contributed by atoms with Crippen molar-refractivity contribution in [2.75, 3.05) is 37.1 Å². The molecule has 0 radical (unpaired) electrons. The second-order valence-corrected chi connectivity index (χ2v) is 6.88. The number of anilines is 1. The molecule has 0 heterocycles. The average Bonchev–Trinajstić information content (AvgIpc) is 2.72. The molecule has 0 spiro atoms. The molecule has 2 rings (SSSR count). The second kappa shape index (κ2) is 11.9. The van der Waals surface area contributed by atoms with Crippen molar-refractivity contribution in [3.63, 3.8) is 0 Å². The first kappa shape index (κ1) is 21.6. The average molecular weight is 404 g/mol. The van der Waals surface area contributed by atoms with E-state index in [2.05, 4.69) is 10.1 Å². The zero-order valence-electron chi connectivity index (χ0n) is 16.1. The van der Waals surface area contributed by atoms with Crippen LogP contribution >= 0.6 is 11.8 Å². The fourth-order valence-electron chi connectivity index (χ4n) is 2.32. The van der Waals surface area contributed by atoms with Crippen molar-refractivity contribution in [1.82, 2.24) is 0 Å². The molecule has 1 amide bonds. The number of hydrogen-bond acceptors (Lipinski definition) is 6. The van der Waals surface area contributed by atoms with Crippen molar-refractivity contribution in [3.05, 3.63) is 54.1 Å². The molecule has 28 heavy (non-hydrogen) atoms. The molecule has 150 valence electrons. The Morgan fingerprint density at radius 2 is 1.61 bits per heavy atom. The minimum absolute atomic E-state index is 0.0338. The predicted octanol–water partition coefficient (Wildman–Crippen LogP) is 4.01. The topological polar surface area (TPSA) is 73.9 Å². The highest BCUT2D eigenvalue weighted by molar-refractivity contribution is 7.99. The van der Waals surface area contributed by atoms with Crippen molar-refractivity contribution in [2.24, 2.45) is 0 Å². The van der Waals surface area contributed by atoms with Gasteiger partial charge in [-0.05, 0) is 67.6 Å². The highest BCUT2D eigenvalue weighted by atomic mass is 32.2. The lowest BCUT2D eigenvalue weighted by Crippen LogP contribution is -2.14. The summed E-state index contributed by atoms with van der Waals surface area (Å²) in [7, 11) is 1.35. The van der Waals surface area contributed by atoms with E-state index in [1.54, 1.807) is 36.0 Å². The quantitative estimate of drug-likeness (QED) is 0.451. The van der Waals surface area contributed by atoms with E-state index < -0.39 is 0 Å². The fourth-order valence-corrected chi connectivity index (χ4v) is 3.04. The molecular weight excluding hydrogens is 378 g/mol. The highest BCUT2D eigenvalue weighted by Crippen LogP contribution is 2.16. The standard InChI is InChI=1S/C21H25NO5S/c1-3-26-18-11-7-17(8-12-18)22-20(23)15-28-14-4-13-27-19-9-5-16(6-10-19)21(24)25-2/h5-12H,3-4,13-15H2,1-2H3,(H,22,23). The van der Waals surface area contributed by atoms with E-state index in [0.29, 0.717) is 30.3 Å². The Balaban J connectivity index is 1.58. The maximum absolute atomic E-state index is 12.0. The van der Waals surface area contributed by atoms with E-state index in [9.17, 15) is 9.59 Å². The Kier molecular flexibility index (Phi) is 9.21. The van der Waals surface area contributed by atoms with E-state index in [4.69, 9.17) is 9.47 Å². The Morgan fingerprint density at radius 3 is 2.25 bits per heavy atom. The largest absolute Gasteiger partial charge is 0.494 e. The van der Waals surface area contributed by atoms with Gasteiger partial charge in [-0.1, -0.05) is 0 Å². The predicted molar refractivity (Wildman–Crippen MR) is 111 cm³/mol. The lowest BCUT2D eigenvalue weighted by atomic mass is 10.2. The Bertz CT molecular complexity index is 746. The maximum Gasteiger partial charge on any atom is 0.337 e. The summed E-state index contributed by atoms with van der Waals surface area (Å²) in [5.41, 5.74) is 1.25. The van der Waals surface area contributed by atoms with E-state index in [1.807, 2.05) is 31.2 Å². The van der Waals surface area contributed by atoms with Gasteiger partial charge in [0.2, 0.25) is 5.91 Å². The molecular formula is C21H25NO5S. The molecule has 0 aromatic heterocycles. The summed E-state index contributed by atoms with van der Waals surface area (Å²) < 4.78 is 15.7. The minimum atomic E-state index is -0.369. The van der Waals surface area contributed by atoms with Crippen LogP contribution in [0.25, 0.3) is 0 Å². The van der Waals surface area contributed by atoms with Gasteiger partial charge in [-0.25, -0.2) is 4.79 Å². The summed E-state index contributed by atoms with van der Waals surface area (Å²) in [5, 5.41) is 2.86. The van der Waals surface area contributed by atoms with Gasteiger partial charge >= 0.3 is 5.97 Å². The number of nitrogens with one attached hydrogen (secondary N) is 1. The molecule has 6 nitrogen and oxygen atoms in total. The van der Waals surface area contributed by atoms with Gasteiger partial charge in [-0.3, -0.25) is 4.79 Å². The van der Waals surface area contributed by atoms with Gasteiger partial charge < -0.3 is 19.5 Å². The van der Waals surface area contributed by atoms with Crippen LogP contribution in [0.15, 0.2) is 48.5 Å². The van der Waals surface area contributed by atoms with Crippen molar-refractivity contribution < 1.29 is 23.8 Å². The molecule has 0 aliphatic carbocycles. The zero-order valence-corrected chi connectivity index (χ0v) is 16.9. The molecule has 1 N–H and O–H groups in total. The van der Waals surface area contributed by atoms with E-state index in [1.165, 1.54) is 7.11 Å². The number of carbonyl (C=O) groups is 2. The molecule has 7 heteroatoms. The third-order valence-electron chi connectivity index (χ3n) is 3.66. The Morgan fingerprint density at radius 1 is 0.964 bits per heavy atom. The highest BCUT2D eigenvalue weighted by Gasteiger charge is 2.05. The van der Waals surface area contributed by atoms with Crippen molar-refractivity contribution in [1.29, 1.82) is 0 Å². The van der Waals surface area contributed by atoms with Gasteiger partial charge in [0.15, 0.2) is 0 Å². The first-order chi connectivity index (χ1) is 13.6. The number of esters is 1. The van der Waals surface area contributed by atoms with E-state index in [-0.39, 0.29) is 11.9 Å². The van der Waals surface area contributed by atoms with Gasteiger partial charge in [0.1, 0.15) is 11.5 Å². The van der Waals surface area contributed by atoms with Crippen LogP contribution in [-0.4, -0.2) is 43.7 Å². The first-order valence-electron chi connectivity index (χ1n) is 9.04. The summed E-state index contributed by atoms with van der Waals surface area (Å²) in [6.45, 7) is 3.09. The van der Waals surface area contributed by atoms with E-state index in [0.717, 1.165) is 23.6 Å². The SMILES string of the molecule is CCOc1ccc(NC(=O)CSCCCOc2ccc(C(=O)OC)cc2)cc1. The molecule has 0 saturated carbocycles. The van der Waals surface area contributed by atoms with Gasteiger partial charge in [0.05, 0.1) is 31.6 Å². The van der Waals surface area contributed by atoms with Crippen molar-refractivity contribution >= 4 is 29.3 Å². The number of methoxy groups -OCH3 is 1. The van der Waals surface area contributed by atoms with Crippen LogP contribution in [0.2, 0.25) is 0 Å². The first-order valence-corrected chi connectivity index (χ1v) is 10.2. The molecule has 0 bridgehead atoms. The number of thioether (sulfide) groups is 1. The molecule has 2 aromatic carbocycles. The van der Waals surface area contributed by atoms with Crippen LogP contribution in [0.1, 0.15) is 23.7 Å². The van der Waals surface area contributed by atoms with Crippen molar-refractivity contribution in [3.8, 4) is 11.5 Å². The van der Waals surface area contributed by atoms with Gasteiger partial charge in [-0.2, -0.15) is 11.8 Å². The monoisotopic (exact) mass is 403 g/mol. The summed E-state index contributed by atoms with van der Waals surface area (Å²) in [4.78, 5) is 23.3. The van der Waals surface area contributed by atoms with Crippen molar-refractivity contribution in [2.45, 2.75) is 13.3 Å². The third-order valence-corrected chi connectivity index (χ3v) is 4.70. The summed E-state index contributed by atoms with van der Waals surface area (Å²) in [6, 6.07) is 14.1. The van der Waals surface area contributed by atoms with Gasteiger partial charge in [-0.15, -0.1) is 0 Å². The number of ether oxygens (including phenoxy) is 3. The third kappa shape index (κ3) is 7.52. The molecule has 0 saturated heterocycles. The Hall–Kier alpha value is -2.67. The van der Waals surface area contributed by atoms with Gasteiger partial charge in [0.25, 0.3) is 0 Å². The molecule has 2 aromatic rings. The lowest BCUT2D eigenvalue weighted by molar-refractivity contribution is -0.113. The number of benzene rings is 2. The van der Waals surface area contributed by atoms with Crippen LogP contribution in [0.5, 0.6) is 11.5 Å². The molecule has 0 aliphatic heterocycles. The summed E-state index contributed by atoms with van der Waals surface area (Å²) >= 11 is 1.56. The molecule has 0 fully saturated rings. The van der Waals surface area contributed by atoms with Crippen LogP contribution < -0.4 is 14.8 Å². The molecule has 0 atom stereocenters. The van der Waals surface area contributed by atoms with Crippen LogP contribution in [0, 0.1) is 0 Å². The van der Waals surface area contributed by atoms with Crippen LogP contribution in [-0.2, 0) is 9.53 Å². The second-order valence-electron chi connectivity index (χ2n) is 5.78. The minimum Gasteiger partial charge on any atom is -0.494 e. The van der Waals surface area contributed by atoms with Crippen LogP contribution in [0.3, 0.4) is 0 Å². The van der Waals surface area contributed by atoms with Gasteiger partial charge in [0, 0.05) is 5.69 Å². The number of carbonyl (C=O) groups excluding carboxylic acids is 2. The molecule has 0 unspecified atom stereocenters. The summed E-state index contributed by atoms with van der Waals surface area (Å²) in [5.74, 6) is 2.29. The maximum atomic E-state index is 12.0.